The van der Waals surface area contributed by atoms with Crippen molar-refractivity contribution in [3.8, 4) is 0 Å². The van der Waals surface area contributed by atoms with Crippen LogP contribution in [-0.2, 0) is 4.74 Å². The van der Waals surface area contributed by atoms with Gasteiger partial charge in [-0.15, -0.1) is 0 Å². The molecule has 2 N–H and O–H groups in total. The largest absolute Gasteiger partial charge is 0.381 e. The van der Waals surface area contributed by atoms with Crippen molar-refractivity contribution in [3.63, 3.8) is 0 Å². The molecule has 4 nitrogen and oxygen atoms in total. The molecule has 2 rings (SSSR count). The Labute approximate surface area is 107 Å². The van der Waals surface area contributed by atoms with Crippen LogP contribution >= 0.6 is 11.8 Å². The fourth-order valence-corrected chi connectivity index (χ4v) is 2.97. The van der Waals surface area contributed by atoms with E-state index in [4.69, 9.17) is 4.74 Å². The standard InChI is InChI=1S/C12H22N2O2S/c1-9-7-10(9)14-11(15)13-8-12(17-2)3-5-16-6-4-12/h9-10H,3-8H2,1-2H3,(H2,13,14,15)/t9-,10-/m1/s1. The van der Waals surface area contributed by atoms with Gasteiger partial charge in [-0.1, -0.05) is 6.92 Å². The third-order valence-corrected chi connectivity index (χ3v) is 5.25. The summed E-state index contributed by atoms with van der Waals surface area (Å²) in [6, 6.07) is 0.384. The maximum Gasteiger partial charge on any atom is 0.315 e. The normalized spacial score (nSPS) is 30.7. The molecule has 1 aliphatic heterocycles. The van der Waals surface area contributed by atoms with Crippen molar-refractivity contribution in [2.24, 2.45) is 5.92 Å². The van der Waals surface area contributed by atoms with Gasteiger partial charge in [0.25, 0.3) is 0 Å². The van der Waals surface area contributed by atoms with Crippen LogP contribution in [0.3, 0.4) is 0 Å². The van der Waals surface area contributed by atoms with Crippen molar-refractivity contribution in [2.75, 3.05) is 26.0 Å². The number of carbonyl (C=O) groups excluding carboxylic acids is 1. The summed E-state index contributed by atoms with van der Waals surface area (Å²) in [6.45, 7) is 4.52. The molecule has 1 saturated carbocycles. The van der Waals surface area contributed by atoms with Crippen LogP contribution in [-0.4, -0.2) is 42.8 Å². The summed E-state index contributed by atoms with van der Waals surface area (Å²) in [4.78, 5) is 11.7. The maximum atomic E-state index is 11.7. The fraction of sp³-hybridized carbons (Fsp3) is 0.917. The molecule has 5 heteroatoms. The summed E-state index contributed by atoms with van der Waals surface area (Å²) < 4.78 is 5.55. The summed E-state index contributed by atoms with van der Waals surface area (Å²) in [6.07, 6.45) is 5.28. The van der Waals surface area contributed by atoms with E-state index in [0.717, 1.165) is 39.0 Å². The number of hydrogen-bond donors (Lipinski definition) is 2. The molecule has 2 amide bonds. The second-order valence-corrected chi connectivity index (χ2v) is 6.42. The van der Waals surface area contributed by atoms with Gasteiger partial charge >= 0.3 is 6.03 Å². The molecule has 2 aliphatic rings. The molecule has 2 atom stereocenters. The number of thioether (sulfide) groups is 1. The smallest absolute Gasteiger partial charge is 0.315 e. The van der Waals surface area contributed by atoms with Crippen LogP contribution in [0.25, 0.3) is 0 Å². The van der Waals surface area contributed by atoms with Gasteiger partial charge in [0.2, 0.25) is 0 Å². The van der Waals surface area contributed by atoms with Gasteiger partial charge in [-0.2, -0.15) is 11.8 Å². The highest BCUT2D eigenvalue weighted by Gasteiger charge is 2.35. The molecular weight excluding hydrogens is 236 g/mol. The molecule has 98 valence electrons. The van der Waals surface area contributed by atoms with Crippen LogP contribution in [0, 0.1) is 5.92 Å². The lowest BCUT2D eigenvalue weighted by Gasteiger charge is -2.35. The summed E-state index contributed by atoms with van der Waals surface area (Å²) >= 11 is 1.85. The number of amides is 2. The topological polar surface area (TPSA) is 50.4 Å². The van der Waals surface area contributed by atoms with Crippen LogP contribution < -0.4 is 10.6 Å². The molecule has 0 bridgehead atoms. The van der Waals surface area contributed by atoms with Crippen molar-refractivity contribution < 1.29 is 9.53 Å². The van der Waals surface area contributed by atoms with Crippen LogP contribution in [0.2, 0.25) is 0 Å². The minimum atomic E-state index is -0.0146. The minimum absolute atomic E-state index is 0.0146. The first-order valence-corrected chi connectivity index (χ1v) is 7.55. The van der Waals surface area contributed by atoms with Gasteiger partial charge in [-0.05, 0) is 31.4 Å². The lowest BCUT2D eigenvalue weighted by atomic mass is 9.99. The van der Waals surface area contributed by atoms with E-state index < -0.39 is 0 Å². The Hall–Kier alpha value is -0.420. The van der Waals surface area contributed by atoms with Gasteiger partial charge < -0.3 is 15.4 Å². The van der Waals surface area contributed by atoms with E-state index in [1.807, 2.05) is 11.8 Å². The monoisotopic (exact) mass is 258 g/mol. The third kappa shape index (κ3) is 3.52. The summed E-state index contributed by atoms with van der Waals surface area (Å²) in [5, 5.41) is 6.00. The molecule has 1 heterocycles. The molecule has 17 heavy (non-hydrogen) atoms. The lowest BCUT2D eigenvalue weighted by molar-refractivity contribution is 0.0777. The molecule has 0 spiro atoms. The highest BCUT2D eigenvalue weighted by Crippen LogP contribution is 2.33. The Balaban J connectivity index is 1.73. The number of rotatable bonds is 4. The highest BCUT2D eigenvalue weighted by molar-refractivity contribution is 8.00. The molecule has 0 unspecified atom stereocenters. The van der Waals surface area contributed by atoms with Crippen molar-refractivity contribution >= 4 is 17.8 Å². The summed E-state index contributed by atoms with van der Waals surface area (Å²) in [7, 11) is 0. The van der Waals surface area contributed by atoms with E-state index >= 15 is 0 Å². The molecule has 1 saturated heterocycles. The second-order valence-electron chi connectivity index (χ2n) is 5.15. The number of urea groups is 1. The summed E-state index contributed by atoms with van der Waals surface area (Å²) in [5.41, 5.74) is 0. The van der Waals surface area contributed by atoms with Gasteiger partial charge in [0.1, 0.15) is 0 Å². The van der Waals surface area contributed by atoms with Crippen molar-refractivity contribution in [3.05, 3.63) is 0 Å². The van der Waals surface area contributed by atoms with Crippen LogP contribution in [0.1, 0.15) is 26.2 Å². The zero-order valence-corrected chi connectivity index (χ0v) is 11.4. The van der Waals surface area contributed by atoms with E-state index in [-0.39, 0.29) is 10.8 Å². The first-order valence-electron chi connectivity index (χ1n) is 6.32. The van der Waals surface area contributed by atoms with Crippen LogP contribution in [0.4, 0.5) is 4.79 Å². The average Bonchev–Trinajstić information content (AvgIpc) is 3.03. The van der Waals surface area contributed by atoms with E-state index in [0.29, 0.717) is 12.0 Å². The molecular formula is C12H22N2O2S. The molecule has 1 aliphatic carbocycles. The predicted molar refractivity (Wildman–Crippen MR) is 70.4 cm³/mol. The maximum absolute atomic E-state index is 11.7. The zero-order valence-electron chi connectivity index (χ0n) is 10.6. The van der Waals surface area contributed by atoms with Crippen molar-refractivity contribution in [1.82, 2.24) is 10.6 Å². The Kier molecular flexibility index (Phi) is 4.20. The van der Waals surface area contributed by atoms with E-state index in [2.05, 4.69) is 23.8 Å². The lowest BCUT2D eigenvalue weighted by Crippen LogP contribution is -2.47. The second kappa shape index (κ2) is 5.48. The Bertz CT molecular complexity index is 280. The third-order valence-electron chi connectivity index (χ3n) is 3.83. The summed E-state index contributed by atoms with van der Waals surface area (Å²) in [5.74, 6) is 0.651. The van der Waals surface area contributed by atoms with E-state index in [1.165, 1.54) is 0 Å². The van der Waals surface area contributed by atoms with Gasteiger partial charge in [0, 0.05) is 30.5 Å². The van der Waals surface area contributed by atoms with Crippen molar-refractivity contribution in [2.45, 2.75) is 37.0 Å². The number of hydrogen-bond acceptors (Lipinski definition) is 3. The number of ether oxygens (including phenoxy) is 1. The number of carbonyl (C=O) groups is 1. The van der Waals surface area contributed by atoms with Gasteiger partial charge in [0.15, 0.2) is 0 Å². The van der Waals surface area contributed by atoms with Crippen LogP contribution in [0.15, 0.2) is 0 Å². The quantitative estimate of drug-likeness (QED) is 0.805. The van der Waals surface area contributed by atoms with E-state index in [9.17, 15) is 4.79 Å². The van der Waals surface area contributed by atoms with Gasteiger partial charge in [0.05, 0.1) is 0 Å². The number of nitrogens with one attached hydrogen (secondary N) is 2. The SMILES string of the molecule is CSC1(CNC(=O)N[C@@H]2C[C@H]2C)CCOCC1. The molecule has 0 aromatic carbocycles. The minimum Gasteiger partial charge on any atom is -0.381 e. The first kappa shape index (κ1) is 13.0. The molecule has 2 fully saturated rings. The van der Waals surface area contributed by atoms with Crippen molar-refractivity contribution in [1.29, 1.82) is 0 Å². The molecule has 0 aromatic rings. The van der Waals surface area contributed by atoms with E-state index in [1.54, 1.807) is 0 Å². The van der Waals surface area contributed by atoms with Gasteiger partial charge in [-0.25, -0.2) is 4.79 Å². The van der Waals surface area contributed by atoms with Gasteiger partial charge in [-0.3, -0.25) is 0 Å². The Morgan fingerprint density at radius 3 is 2.65 bits per heavy atom. The zero-order chi connectivity index (χ0) is 12.3. The molecule has 0 aromatic heterocycles. The average molecular weight is 258 g/mol. The highest BCUT2D eigenvalue weighted by atomic mass is 32.2. The Morgan fingerprint density at radius 1 is 1.47 bits per heavy atom. The fourth-order valence-electron chi connectivity index (χ4n) is 2.18. The Morgan fingerprint density at radius 2 is 2.12 bits per heavy atom. The molecule has 0 radical (unpaired) electrons. The first-order chi connectivity index (χ1) is 8.15. The predicted octanol–water partition coefficient (Wildman–Crippen LogP) is 1.61. The van der Waals surface area contributed by atoms with Crippen LogP contribution in [0.5, 0.6) is 0 Å².